The van der Waals surface area contributed by atoms with Gasteiger partial charge in [-0.3, -0.25) is 0 Å². The minimum atomic E-state index is 0.648. The maximum atomic E-state index is 3.93. The fourth-order valence-electron chi connectivity index (χ4n) is 2.70. The van der Waals surface area contributed by atoms with Crippen molar-refractivity contribution >= 4 is 0 Å². The molecule has 0 aliphatic heterocycles. The molecule has 0 nitrogen and oxygen atoms in total. The van der Waals surface area contributed by atoms with E-state index in [9.17, 15) is 0 Å². The zero-order chi connectivity index (χ0) is 12.7. The summed E-state index contributed by atoms with van der Waals surface area (Å²) in [5.74, 6) is 4.00. The Bertz CT molecular complexity index is 180. The van der Waals surface area contributed by atoms with Gasteiger partial charge in [0.2, 0.25) is 0 Å². The summed E-state index contributed by atoms with van der Waals surface area (Å²) in [7, 11) is 0. The summed E-state index contributed by atoms with van der Waals surface area (Å²) in [5.41, 5.74) is 0. The second kappa shape index (κ2) is 7.92. The number of rotatable bonds is 8. The van der Waals surface area contributed by atoms with Crippen molar-refractivity contribution in [3.8, 4) is 0 Å². The normalized spacial score (nSPS) is 19.2. The van der Waals surface area contributed by atoms with Gasteiger partial charge in [0.05, 0.1) is 0 Å². The van der Waals surface area contributed by atoms with E-state index in [0.29, 0.717) is 5.92 Å². The number of hydrogen-bond donors (Lipinski definition) is 0. The van der Waals surface area contributed by atoms with Gasteiger partial charge in [-0.25, -0.2) is 0 Å². The first-order valence-corrected chi connectivity index (χ1v) is 7.10. The molecule has 0 heterocycles. The van der Waals surface area contributed by atoms with Crippen LogP contribution in [0.15, 0.2) is 12.7 Å². The predicted octanol–water partition coefficient (Wildman–Crippen LogP) is 5.54. The molecule has 0 heteroatoms. The molecular formula is C16H32. The zero-order valence-electron chi connectivity index (χ0n) is 12.3. The molecule has 0 aromatic carbocycles. The van der Waals surface area contributed by atoms with Crippen molar-refractivity contribution in [2.75, 3.05) is 0 Å². The number of hydrogen-bond acceptors (Lipinski definition) is 0. The van der Waals surface area contributed by atoms with Crippen LogP contribution in [0.5, 0.6) is 0 Å². The topological polar surface area (TPSA) is 0 Å². The molecule has 0 aliphatic rings. The van der Waals surface area contributed by atoms with Crippen LogP contribution in [0.1, 0.15) is 60.8 Å². The van der Waals surface area contributed by atoms with Crippen molar-refractivity contribution in [3.63, 3.8) is 0 Å². The SMILES string of the molecule is C=CC(C)C(C)C(CC)CC(CC)C(C)C. The first kappa shape index (κ1) is 15.7. The van der Waals surface area contributed by atoms with Gasteiger partial charge < -0.3 is 0 Å². The van der Waals surface area contributed by atoms with Gasteiger partial charge in [-0.15, -0.1) is 6.58 Å². The molecule has 0 radical (unpaired) electrons. The molecule has 0 saturated heterocycles. The maximum absolute atomic E-state index is 3.93. The molecule has 0 fully saturated rings. The van der Waals surface area contributed by atoms with Crippen LogP contribution in [0.4, 0.5) is 0 Å². The van der Waals surface area contributed by atoms with Gasteiger partial charge in [0.1, 0.15) is 0 Å². The molecule has 0 rings (SSSR count). The van der Waals surface area contributed by atoms with Crippen LogP contribution >= 0.6 is 0 Å². The van der Waals surface area contributed by atoms with Gasteiger partial charge in [-0.2, -0.15) is 0 Å². The lowest BCUT2D eigenvalue weighted by Gasteiger charge is -2.31. The summed E-state index contributed by atoms with van der Waals surface area (Å²) in [6.45, 7) is 18.0. The lowest BCUT2D eigenvalue weighted by molar-refractivity contribution is 0.205. The average molecular weight is 224 g/mol. The maximum Gasteiger partial charge on any atom is -0.0236 e. The van der Waals surface area contributed by atoms with Crippen LogP contribution in [0.25, 0.3) is 0 Å². The summed E-state index contributed by atoms with van der Waals surface area (Å²) in [4.78, 5) is 0. The van der Waals surface area contributed by atoms with Gasteiger partial charge in [0.15, 0.2) is 0 Å². The van der Waals surface area contributed by atoms with E-state index in [1.54, 1.807) is 0 Å². The molecule has 0 N–H and O–H groups in total. The Morgan fingerprint density at radius 3 is 1.75 bits per heavy atom. The van der Waals surface area contributed by atoms with Crippen LogP contribution in [0, 0.1) is 29.6 Å². The van der Waals surface area contributed by atoms with Crippen molar-refractivity contribution in [2.45, 2.75) is 60.8 Å². The smallest absolute Gasteiger partial charge is 0.0236 e. The van der Waals surface area contributed by atoms with Gasteiger partial charge in [-0.05, 0) is 36.0 Å². The van der Waals surface area contributed by atoms with Crippen molar-refractivity contribution in [1.82, 2.24) is 0 Å². The van der Waals surface area contributed by atoms with Gasteiger partial charge in [0.25, 0.3) is 0 Å². The first-order chi connectivity index (χ1) is 7.47. The third kappa shape index (κ3) is 4.72. The van der Waals surface area contributed by atoms with Crippen LogP contribution < -0.4 is 0 Å². The van der Waals surface area contributed by atoms with Gasteiger partial charge in [-0.1, -0.05) is 60.5 Å². The molecule has 0 aromatic heterocycles. The van der Waals surface area contributed by atoms with E-state index >= 15 is 0 Å². The molecule has 4 atom stereocenters. The molecule has 4 unspecified atom stereocenters. The van der Waals surface area contributed by atoms with E-state index in [-0.39, 0.29) is 0 Å². The Labute approximate surface area is 104 Å². The van der Waals surface area contributed by atoms with Crippen molar-refractivity contribution in [1.29, 1.82) is 0 Å². The first-order valence-electron chi connectivity index (χ1n) is 7.10. The molecule has 0 amide bonds. The van der Waals surface area contributed by atoms with E-state index in [0.717, 1.165) is 23.7 Å². The summed E-state index contributed by atoms with van der Waals surface area (Å²) >= 11 is 0. The standard InChI is InChI=1S/C16H32/c1-8-13(6)14(7)16(10-3)11-15(9-2)12(4)5/h8,12-16H,1,9-11H2,2-7H3. The van der Waals surface area contributed by atoms with Crippen molar-refractivity contribution in [2.24, 2.45) is 29.6 Å². The van der Waals surface area contributed by atoms with E-state index in [1.807, 2.05) is 0 Å². The highest BCUT2D eigenvalue weighted by atomic mass is 14.3. The fourth-order valence-corrected chi connectivity index (χ4v) is 2.70. The van der Waals surface area contributed by atoms with Gasteiger partial charge >= 0.3 is 0 Å². The highest BCUT2D eigenvalue weighted by Gasteiger charge is 2.23. The molecule has 0 bridgehead atoms. The Kier molecular flexibility index (Phi) is 7.80. The second-order valence-electron chi connectivity index (χ2n) is 5.77. The van der Waals surface area contributed by atoms with Crippen LogP contribution in [-0.2, 0) is 0 Å². The van der Waals surface area contributed by atoms with E-state index < -0.39 is 0 Å². The van der Waals surface area contributed by atoms with E-state index in [4.69, 9.17) is 0 Å². The Hall–Kier alpha value is -0.260. The van der Waals surface area contributed by atoms with Crippen molar-refractivity contribution in [3.05, 3.63) is 12.7 Å². The van der Waals surface area contributed by atoms with Crippen LogP contribution in [0.2, 0.25) is 0 Å². The lowest BCUT2D eigenvalue weighted by atomic mass is 9.75. The van der Waals surface area contributed by atoms with E-state index in [2.05, 4.69) is 54.2 Å². The van der Waals surface area contributed by atoms with Gasteiger partial charge in [0, 0.05) is 0 Å². The quantitative estimate of drug-likeness (QED) is 0.475. The molecule has 0 saturated carbocycles. The number of allylic oxidation sites excluding steroid dienone is 1. The summed E-state index contributed by atoms with van der Waals surface area (Å²) in [5, 5.41) is 0. The zero-order valence-corrected chi connectivity index (χ0v) is 12.3. The average Bonchev–Trinajstić information content (AvgIpc) is 2.28. The van der Waals surface area contributed by atoms with Crippen molar-refractivity contribution < 1.29 is 0 Å². The molecule has 0 aliphatic carbocycles. The van der Waals surface area contributed by atoms with E-state index in [1.165, 1.54) is 19.3 Å². The Morgan fingerprint density at radius 1 is 0.938 bits per heavy atom. The highest BCUT2D eigenvalue weighted by Crippen LogP contribution is 2.33. The summed E-state index contributed by atoms with van der Waals surface area (Å²) in [6.07, 6.45) is 6.14. The minimum absolute atomic E-state index is 0.648. The lowest BCUT2D eigenvalue weighted by Crippen LogP contribution is -2.22. The monoisotopic (exact) mass is 224 g/mol. The molecule has 0 spiro atoms. The highest BCUT2D eigenvalue weighted by molar-refractivity contribution is 4.83. The predicted molar refractivity (Wildman–Crippen MR) is 75.5 cm³/mol. The van der Waals surface area contributed by atoms with Crippen LogP contribution in [0.3, 0.4) is 0 Å². The fraction of sp³-hybridized carbons (Fsp3) is 0.875. The molecule has 0 aromatic rings. The minimum Gasteiger partial charge on any atom is -0.103 e. The summed E-state index contributed by atoms with van der Waals surface area (Å²) in [6, 6.07) is 0. The largest absolute Gasteiger partial charge is 0.103 e. The van der Waals surface area contributed by atoms with Crippen LogP contribution in [-0.4, -0.2) is 0 Å². The second-order valence-corrected chi connectivity index (χ2v) is 5.77. The molecule has 96 valence electrons. The Morgan fingerprint density at radius 2 is 1.44 bits per heavy atom. The third-order valence-corrected chi connectivity index (χ3v) is 4.54. The third-order valence-electron chi connectivity index (χ3n) is 4.54. The Balaban J connectivity index is 4.43. The molecular weight excluding hydrogens is 192 g/mol. The molecule has 16 heavy (non-hydrogen) atoms. The summed E-state index contributed by atoms with van der Waals surface area (Å²) < 4.78 is 0.